The Hall–Kier alpha value is -3.76. The summed E-state index contributed by atoms with van der Waals surface area (Å²) in [5.41, 5.74) is 2.72. The molecule has 4 rings (SSSR count). The van der Waals surface area contributed by atoms with E-state index in [0.29, 0.717) is 46.9 Å². The summed E-state index contributed by atoms with van der Waals surface area (Å²) in [7, 11) is 0. The summed E-state index contributed by atoms with van der Waals surface area (Å²) in [5, 5.41) is 6.44. The molecule has 0 unspecified atom stereocenters. The summed E-state index contributed by atoms with van der Waals surface area (Å²) in [5.74, 6) is 6.02. The van der Waals surface area contributed by atoms with Crippen LogP contribution in [0.4, 0.5) is 21.6 Å². The summed E-state index contributed by atoms with van der Waals surface area (Å²) in [6.45, 7) is 8.54. The Kier molecular flexibility index (Phi) is 5.40. The number of nitrogens with zero attached hydrogens (tertiary/aromatic N) is 2. The van der Waals surface area contributed by atoms with Gasteiger partial charge in [-0.05, 0) is 49.8 Å². The highest BCUT2D eigenvalue weighted by atomic mass is 19.1. The number of aryl methyl sites for hydroxylation is 1. The monoisotopic (exact) mass is 416 g/mol. The maximum Gasteiger partial charge on any atom is 0.247 e. The summed E-state index contributed by atoms with van der Waals surface area (Å²) >= 11 is 0. The maximum absolute atomic E-state index is 14.3. The molecule has 0 bridgehead atoms. The average Bonchev–Trinajstić information content (AvgIpc) is 2.73. The predicted octanol–water partition coefficient (Wildman–Crippen LogP) is 4.33. The zero-order valence-corrected chi connectivity index (χ0v) is 17.3. The van der Waals surface area contributed by atoms with Gasteiger partial charge in [-0.1, -0.05) is 24.5 Å². The van der Waals surface area contributed by atoms with Crippen LogP contribution < -0.4 is 10.6 Å². The van der Waals surface area contributed by atoms with Gasteiger partial charge in [0, 0.05) is 5.39 Å². The summed E-state index contributed by atoms with van der Waals surface area (Å²) in [6, 6.07) is 8.31. The van der Waals surface area contributed by atoms with Crippen LogP contribution in [0.25, 0.3) is 10.9 Å². The van der Waals surface area contributed by atoms with Crippen molar-refractivity contribution < 1.29 is 13.9 Å². The van der Waals surface area contributed by atoms with Gasteiger partial charge in [-0.15, -0.1) is 0 Å². The molecule has 0 radical (unpaired) electrons. The van der Waals surface area contributed by atoms with Gasteiger partial charge < -0.3 is 15.4 Å². The van der Waals surface area contributed by atoms with Crippen molar-refractivity contribution >= 4 is 34.0 Å². The first-order chi connectivity index (χ1) is 14.9. The normalized spacial score (nSPS) is 14.2. The predicted molar refractivity (Wildman–Crippen MR) is 119 cm³/mol. The second-order valence-corrected chi connectivity index (χ2v) is 7.74. The van der Waals surface area contributed by atoms with E-state index in [9.17, 15) is 9.18 Å². The van der Waals surface area contributed by atoms with Crippen LogP contribution in [0, 0.1) is 30.0 Å². The number of hydrogen-bond donors (Lipinski definition) is 2. The Morgan fingerprint density at radius 1 is 1.26 bits per heavy atom. The minimum atomic E-state index is -0.393. The Labute approximate surface area is 179 Å². The SMILES string of the molecule is C=CC(=O)Nc1cc2c(Nc3cc(C)ccc3F)ncnc2cc1C#CC1(C)COC1. The number of halogens is 1. The molecule has 1 fully saturated rings. The van der Waals surface area contributed by atoms with Gasteiger partial charge in [0.1, 0.15) is 18.0 Å². The summed E-state index contributed by atoms with van der Waals surface area (Å²) in [6.07, 6.45) is 2.59. The molecule has 0 atom stereocenters. The smallest absolute Gasteiger partial charge is 0.247 e. The second kappa shape index (κ2) is 8.17. The number of amides is 1. The molecule has 156 valence electrons. The first kappa shape index (κ1) is 20.5. The number of anilines is 3. The van der Waals surface area contributed by atoms with Gasteiger partial charge in [-0.25, -0.2) is 14.4 Å². The number of carbonyl (C=O) groups is 1. The van der Waals surface area contributed by atoms with Crippen molar-refractivity contribution in [2.24, 2.45) is 5.41 Å². The van der Waals surface area contributed by atoms with Gasteiger partial charge in [0.05, 0.1) is 41.1 Å². The first-order valence-corrected chi connectivity index (χ1v) is 9.73. The van der Waals surface area contributed by atoms with Crippen LogP contribution in [0.5, 0.6) is 0 Å². The Balaban J connectivity index is 1.81. The molecule has 1 aliphatic rings. The van der Waals surface area contributed by atoms with Gasteiger partial charge in [-0.3, -0.25) is 4.79 Å². The van der Waals surface area contributed by atoms with E-state index in [1.807, 2.05) is 13.8 Å². The van der Waals surface area contributed by atoms with Crippen molar-refractivity contribution in [3.63, 3.8) is 0 Å². The number of rotatable bonds is 4. The fourth-order valence-electron chi connectivity index (χ4n) is 3.15. The fourth-order valence-corrected chi connectivity index (χ4v) is 3.15. The highest BCUT2D eigenvalue weighted by molar-refractivity contribution is 6.03. The molecule has 0 aliphatic carbocycles. The Morgan fingerprint density at radius 2 is 2.06 bits per heavy atom. The van der Waals surface area contributed by atoms with E-state index in [4.69, 9.17) is 4.74 Å². The third-order valence-electron chi connectivity index (χ3n) is 4.93. The topological polar surface area (TPSA) is 76.1 Å². The van der Waals surface area contributed by atoms with Gasteiger partial charge in [0.15, 0.2) is 0 Å². The molecule has 6 nitrogen and oxygen atoms in total. The zero-order valence-electron chi connectivity index (χ0n) is 17.3. The van der Waals surface area contributed by atoms with E-state index in [0.717, 1.165) is 5.56 Å². The van der Waals surface area contributed by atoms with E-state index < -0.39 is 5.82 Å². The molecular weight excluding hydrogens is 395 g/mol. The molecule has 2 aromatic carbocycles. The number of fused-ring (bicyclic) bond motifs is 1. The number of hydrogen-bond acceptors (Lipinski definition) is 5. The van der Waals surface area contributed by atoms with Crippen LogP contribution in [-0.2, 0) is 9.53 Å². The van der Waals surface area contributed by atoms with Crippen LogP contribution >= 0.6 is 0 Å². The van der Waals surface area contributed by atoms with Crippen LogP contribution in [0.3, 0.4) is 0 Å². The highest BCUT2D eigenvalue weighted by Gasteiger charge is 2.31. The van der Waals surface area contributed by atoms with Gasteiger partial charge >= 0.3 is 0 Å². The van der Waals surface area contributed by atoms with Crippen molar-refractivity contribution in [1.82, 2.24) is 9.97 Å². The van der Waals surface area contributed by atoms with Gasteiger partial charge in [-0.2, -0.15) is 0 Å². The van der Waals surface area contributed by atoms with Gasteiger partial charge in [0.2, 0.25) is 5.91 Å². The largest absolute Gasteiger partial charge is 0.378 e. The van der Waals surface area contributed by atoms with E-state index in [-0.39, 0.29) is 11.3 Å². The summed E-state index contributed by atoms with van der Waals surface area (Å²) in [4.78, 5) is 20.6. The van der Waals surface area contributed by atoms with E-state index in [2.05, 4.69) is 39.0 Å². The highest BCUT2D eigenvalue weighted by Crippen LogP contribution is 2.30. The lowest BCUT2D eigenvalue weighted by Gasteiger charge is -2.32. The molecular formula is C24H21FN4O2. The Bertz CT molecular complexity index is 1260. The van der Waals surface area contributed by atoms with Crippen LogP contribution in [0.15, 0.2) is 49.3 Å². The molecule has 7 heteroatoms. The summed E-state index contributed by atoms with van der Waals surface area (Å²) < 4.78 is 19.5. The maximum atomic E-state index is 14.3. The van der Waals surface area contributed by atoms with E-state index >= 15 is 0 Å². The second-order valence-electron chi connectivity index (χ2n) is 7.74. The van der Waals surface area contributed by atoms with Crippen molar-refractivity contribution in [3.8, 4) is 11.8 Å². The lowest BCUT2D eigenvalue weighted by molar-refractivity contribution is -0.111. The van der Waals surface area contributed by atoms with Crippen molar-refractivity contribution in [3.05, 3.63) is 66.3 Å². The molecule has 1 aliphatic heterocycles. The van der Waals surface area contributed by atoms with E-state index in [1.54, 1.807) is 24.3 Å². The van der Waals surface area contributed by atoms with Crippen LogP contribution in [-0.4, -0.2) is 29.1 Å². The molecule has 3 aromatic rings. The lowest BCUT2D eigenvalue weighted by atomic mass is 9.89. The van der Waals surface area contributed by atoms with Crippen LogP contribution in [0.1, 0.15) is 18.1 Å². The molecule has 1 amide bonds. The number of ether oxygens (including phenoxy) is 1. The fraction of sp³-hybridized carbons (Fsp3) is 0.208. The Morgan fingerprint density at radius 3 is 2.77 bits per heavy atom. The molecule has 2 N–H and O–H groups in total. The quantitative estimate of drug-likeness (QED) is 0.489. The number of aromatic nitrogens is 2. The third kappa shape index (κ3) is 4.39. The van der Waals surface area contributed by atoms with Gasteiger partial charge in [0.25, 0.3) is 0 Å². The minimum Gasteiger partial charge on any atom is -0.378 e. The van der Waals surface area contributed by atoms with Crippen molar-refractivity contribution in [1.29, 1.82) is 0 Å². The first-order valence-electron chi connectivity index (χ1n) is 9.73. The molecule has 1 aromatic heterocycles. The number of nitrogens with one attached hydrogen (secondary N) is 2. The molecule has 0 saturated carbocycles. The minimum absolute atomic E-state index is 0.213. The lowest BCUT2D eigenvalue weighted by Crippen LogP contribution is -2.38. The standard InChI is InChI=1S/C24H21FN4O2/c1-4-22(30)28-19-11-17-20(10-16(19)7-8-24(3)12-31-13-24)26-14-27-23(17)29-21-9-15(2)5-6-18(21)25/h4-6,9-11,14H,1,12-13H2,2-3H3,(H,28,30)(H,26,27,29). The van der Waals surface area contributed by atoms with E-state index in [1.165, 1.54) is 18.5 Å². The molecule has 2 heterocycles. The van der Waals surface area contributed by atoms with Crippen molar-refractivity contribution in [2.45, 2.75) is 13.8 Å². The average molecular weight is 416 g/mol. The zero-order chi connectivity index (χ0) is 22.0. The van der Waals surface area contributed by atoms with Crippen molar-refractivity contribution in [2.75, 3.05) is 23.8 Å². The molecule has 0 spiro atoms. The van der Waals surface area contributed by atoms with Crippen LogP contribution in [0.2, 0.25) is 0 Å². The molecule has 1 saturated heterocycles. The third-order valence-corrected chi connectivity index (χ3v) is 4.93. The molecule has 31 heavy (non-hydrogen) atoms. The number of carbonyl (C=O) groups excluding carboxylic acids is 1. The number of benzene rings is 2.